The maximum Gasteiger partial charge on any atom is 0.269 e. The molecule has 0 aliphatic carbocycles. The molecule has 0 aromatic heterocycles. The van der Waals surface area contributed by atoms with Crippen LogP contribution in [0.4, 0.5) is 11.4 Å². The Morgan fingerprint density at radius 1 is 1.33 bits per heavy atom. The predicted octanol–water partition coefficient (Wildman–Crippen LogP) is 3.09. The van der Waals surface area contributed by atoms with Crippen molar-refractivity contribution in [3.05, 3.63) is 63.7 Å². The first-order valence-electron chi connectivity index (χ1n) is 7.93. The fourth-order valence-electron chi connectivity index (χ4n) is 3.21. The highest BCUT2D eigenvalue weighted by Gasteiger charge is 2.24. The van der Waals surface area contributed by atoms with Gasteiger partial charge in [0.05, 0.1) is 23.8 Å². The summed E-state index contributed by atoms with van der Waals surface area (Å²) in [6.45, 7) is 1.19. The van der Waals surface area contributed by atoms with Crippen molar-refractivity contribution < 1.29 is 14.8 Å². The molecule has 2 aromatic rings. The third-order valence-electron chi connectivity index (χ3n) is 4.35. The fourth-order valence-corrected chi connectivity index (χ4v) is 3.21. The molecule has 3 rings (SSSR count). The molecule has 0 amide bonds. The van der Waals surface area contributed by atoms with Gasteiger partial charge >= 0.3 is 0 Å². The first kappa shape index (κ1) is 16.3. The maximum absolute atomic E-state index is 10.9. The Morgan fingerprint density at radius 2 is 2.12 bits per heavy atom. The average Bonchev–Trinajstić information content (AvgIpc) is 2.61. The second kappa shape index (κ2) is 6.88. The Labute approximate surface area is 140 Å². The molecule has 1 N–H and O–H groups in total. The van der Waals surface area contributed by atoms with Crippen molar-refractivity contribution >= 4 is 11.4 Å². The second-order valence-corrected chi connectivity index (χ2v) is 5.89. The van der Waals surface area contributed by atoms with Crippen LogP contribution in [0.1, 0.15) is 23.7 Å². The zero-order chi connectivity index (χ0) is 17.1. The summed E-state index contributed by atoms with van der Waals surface area (Å²) in [7, 11) is 1.64. The van der Waals surface area contributed by atoms with E-state index in [0.717, 1.165) is 30.8 Å². The zero-order valence-electron chi connectivity index (χ0n) is 13.5. The van der Waals surface area contributed by atoms with Crippen molar-refractivity contribution in [2.75, 3.05) is 25.1 Å². The van der Waals surface area contributed by atoms with Crippen LogP contribution >= 0.6 is 0 Å². The lowest BCUT2D eigenvalue weighted by Gasteiger charge is -2.34. The van der Waals surface area contributed by atoms with Crippen LogP contribution in [0.25, 0.3) is 0 Å². The molecular formula is C18H20N2O4. The van der Waals surface area contributed by atoms with Crippen LogP contribution in [0.3, 0.4) is 0 Å². The third-order valence-corrected chi connectivity index (χ3v) is 4.35. The number of aliphatic hydroxyl groups excluding tert-OH is 1. The second-order valence-electron chi connectivity index (χ2n) is 5.89. The first-order valence-corrected chi connectivity index (χ1v) is 7.93. The molecule has 1 aliphatic rings. The van der Waals surface area contributed by atoms with Crippen LogP contribution in [-0.4, -0.2) is 30.2 Å². The largest absolute Gasteiger partial charge is 0.495 e. The van der Waals surface area contributed by atoms with Crippen LogP contribution in [0.15, 0.2) is 42.5 Å². The number of β-amino-alcohol motifs (C(OH)–C–C–N with tert-alkyl or cyclic N) is 1. The number of rotatable bonds is 5. The topological polar surface area (TPSA) is 75.8 Å². The summed E-state index contributed by atoms with van der Waals surface area (Å²) in [4.78, 5) is 12.6. The number of benzene rings is 2. The van der Waals surface area contributed by atoms with E-state index in [0.29, 0.717) is 12.1 Å². The van der Waals surface area contributed by atoms with Gasteiger partial charge in [-0.15, -0.1) is 0 Å². The summed E-state index contributed by atoms with van der Waals surface area (Å²) in [6, 6.07) is 12.1. The molecule has 6 nitrogen and oxygen atoms in total. The van der Waals surface area contributed by atoms with Gasteiger partial charge in [0, 0.05) is 25.2 Å². The summed E-state index contributed by atoms with van der Waals surface area (Å²) < 4.78 is 5.47. The number of aryl methyl sites for hydroxylation is 1. The highest BCUT2D eigenvalue weighted by Crippen LogP contribution is 2.37. The Bertz CT molecular complexity index is 733. The molecule has 0 radical (unpaired) electrons. The predicted molar refractivity (Wildman–Crippen MR) is 91.6 cm³/mol. The van der Waals surface area contributed by atoms with Gasteiger partial charge in [-0.25, -0.2) is 0 Å². The van der Waals surface area contributed by atoms with E-state index in [-0.39, 0.29) is 5.69 Å². The SMILES string of the molecule is COc1cccc2c1N(CC(O)c1cccc([N+](=O)[O-])c1)CCC2. The van der Waals surface area contributed by atoms with Crippen molar-refractivity contribution in [1.82, 2.24) is 0 Å². The molecular weight excluding hydrogens is 308 g/mol. The number of anilines is 1. The summed E-state index contributed by atoms with van der Waals surface area (Å²) in [6.07, 6.45) is 1.18. The average molecular weight is 328 g/mol. The quantitative estimate of drug-likeness (QED) is 0.674. The molecule has 24 heavy (non-hydrogen) atoms. The third kappa shape index (κ3) is 3.19. The van der Waals surface area contributed by atoms with Gasteiger partial charge in [0.2, 0.25) is 0 Å². The minimum atomic E-state index is -0.805. The molecule has 0 spiro atoms. The Balaban J connectivity index is 1.85. The Kier molecular flexibility index (Phi) is 4.66. The zero-order valence-corrected chi connectivity index (χ0v) is 13.5. The van der Waals surface area contributed by atoms with Crippen molar-refractivity contribution in [3.8, 4) is 5.75 Å². The lowest BCUT2D eigenvalue weighted by Crippen LogP contribution is -2.33. The monoisotopic (exact) mass is 328 g/mol. The van der Waals surface area contributed by atoms with Crippen molar-refractivity contribution in [3.63, 3.8) is 0 Å². The number of nitro groups is 1. The highest BCUT2D eigenvalue weighted by molar-refractivity contribution is 5.65. The fraction of sp³-hybridized carbons (Fsp3) is 0.333. The van der Waals surface area contributed by atoms with Crippen molar-refractivity contribution in [1.29, 1.82) is 0 Å². The van der Waals surface area contributed by atoms with E-state index in [9.17, 15) is 15.2 Å². The number of nitrogens with zero attached hydrogens (tertiary/aromatic N) is 2. The molecule has 0 fully saturated rings. The molecule has 6 heteroatoms. The van der Waals surface area contributed by atoms with E-state index < -0.39 is 11.0 Å². The van der Waals surface area contributed by atoms with Crippen molar-refractivity contribution in [2.24, 2.45) is 0 Å². The smallest absolute Gasteiger partial charge is 0.269 e. The van der Waals surface area contributed by atoms with Crippen LogP contribution in [0.2, 0.25) is 0 Å². The Morgan fingerprint density at radius 3 is 2.88 bits per heavy atom. The van der Waals surface area contributed by atoms with Gasteiger partial charge in [-0.3, -0.25) is 10.1 Å². The number of hydrogen-bond donors (Lipinski definition) is 1. The number of nitro benzene ring substituents is 1. The van der Waals surface area contributed by atoms with E-state index in [1.165, 1.54) is 17.7 Å². The van der Waals surface area contributed by atoms with Crippen molar-refractivity contribution in [2.45, 2.75) is 18.9 Å². The van der Waals surface area contributed by atoms with E-state index in [1.807, 2.05) is 12.1 Å². The molecule has 1 heterocycles. The molecule has 1 atom stereocenters. The normalized spacial score (nSPS) is 14.8. The molecule has 0 bridgehead atoms. The number of ether oxygens (including phenoxy) is 1. The molecule has 0 saturated carbocycles. The molecule has 126 valence electrons. The molecule has 1 aliphatic heterocycles. The summed E-state index contributed by atoms with van der Waals surface area (Å²) in [5.41, 5.74) is 2.75. The van der Waals surface area contributed by atoms with E-state index in [2.05, 4.69) is 11.0 Å². The number of methoxy groups -OCH3 is 1. The van der Waals surface area contributed by atoms with Crippen LogP contribution < -0.4 is 9.64 Å². The number of para-hydroxylation sites is 1. The van der Waals surface area contributed by atoms with Gasteiger partial charge in [-0.2, -0.15) is 0 Å². The van der Waals surface area contributed by atoms with Gasteiger partial charge in [0.15, 0.2) is 0 Å². The summed E-state index contributed by atoms with van der Waals surface area (Å²) in [5, 5.41) is 21.5. The van der Waals surface area contributed by atoms with Gasteiger partial charge in [0.1, 0.15) is 5.75 Å². The van der Waals surface area contributed by atoms with E-state index in [1.54, 1.807) is 19.2 Å². The highest BCUT2D eigenvalue weighted by atomic mass is 16.6. The summed E-state index contributed by atoms with van der Waals surface area (Å²) in [5.74, 6) is 0.790. The Hall–Kier alpha value is -2.60. The lowest BCUT2D eigenvalue weighted by molar-refractivity contribution is -0.385. The van der Waals surface area contributed by atoms with E-state index >= 15 is 0 Å². The number of non-ortho nitro benzene ring substituents is 1. The lowest BCUT2D eigenvalue weighted by atomic mass is 9.99. The van der Waals surface area contributed by atoms with Gasteiger partial charge in [-0.05, 0) is 30.0 Å². The first-order chi connectivity index (χ1) is 11.6. The van der Waals surface area contributed by atoms with Crippen LogP contribution in [-0.2, 0) is 6.42 Å². The van der Waals surface area contributed by atoms with Gasteiger partial charge in [-0.1, -0.05) is 24.3 Å². The summed E-state index contributed by atoms with van der Waals surface area (Å²) >= 11 is 0. The minimum Gasteiger partial charge on any atom is -0.495 e. The maximum atomic E-state index is 10.9. The van der Waals surface area contributed by atoms with E-state index in [4.69, 9.17) is 4.74 Å². The van der Waals surface area contributed by atoms with Gasteiger partial charge < -0.3 is 14.7 Å². The number of fused-ring (bicyclic) bond motifs is 1. The molecule has 0 saturated heterocycles. The molecule has 1 unspecified atom stereocenters. The van der Waals surface area contributed by atoms with Crippen LogP contribution in [0.5, 0.6) is 5.75 Å². The minimum absolute atomic E-state index is 0.0109. The molecule has 2 aromatic carbocycles. The van der Waals surface area contributed by atoms with Gasteiger partial charge in [0.25, 0.3) is 5.69 Å². The number of hydrogen-bond acceptors (Lipinski definition) is 5. The van der Waals surface area contributed by atoms with Crippen LogP contribution in [0, 0.1) is 10.1 Å². The standard InChI is InChI=1S/C18H20N2O4/c1-24-17-9-3-5-13-7-4-10-19(18(13)17)12-16(21)14-6-2-8-15(11-14)20(22)23/h2-3,5-6,8-9,11,16,21H,4,7,10,12H2,1H3. The number of aliphatic hydroxyl groups is 1.